The van der Waals surface area contributed by atoms with Crippen molar-refractivity contribution in [2.24, 2.45) is 5.73 Å². The zero-order valence-electron chi connectivity index (χ0n) is 7.40. The van der Waals surface area contributed by atoms with Gasteiger partial charge >= 0.3 is 0 Å². The highest BCUT2D eigenvalue weighted by molar-refractivity contribution is 5.82. The molecule has 1 heterocycles. The SMILES string of the molecule is CC(N)C(=O)N1CC(F)CC1C#N. The van der Waals surface area contributed by atoms with Crippen LogP contribution in [0.3, 0.4) is 0 Å². The zero-order valence-corrected chi connectivity index (χ0v) is 7.40. The molecule has 1 rings (SSSR count). The van der Waals surface area contributed by atoms with Crippen molar-refractivity contribution in [3.8, 4) is 6.07 Å². The summed E-state index contributed by atoms with van der Waals surface area (Å²) < 4.78 is 12.8. The Hall–Kier alpha value is -1.15. The normalized spacial score (nSPS) is 29.8. The molecule has 1 amide bonds. The maximum Gasteiger partial charge on any atom is 0.240 e. The number of halogens is 1. The molecule has 5 heteroatoms. The molecule has 0 aromatic carbocycles. The molecule has 1 aliphatic heterocycles. The first-order chi connectivity index (χ1) is 6.06. The third-order valence-electron chi connectivity index (χ3n) is 2.07. The third-order valence-corrected chi connectivity index (χ3v) is 2.07. The summed E-state index contributed by atoms with van der Waals surface area (Å²) in [6, 6.07) is 0.579. The summed E-state index contributed by atoms with van der Waals surface area (Å²) in [5, 5.41) is 8.63. The van der Waals surface area contributed by atoms with Gasteiger partial charge in [-0.15, -0.1) is 0 Å². The first-order valence-corrected chi connectivity index (χ1v) is 4.16. The molecule has 13 heavy (non-hydrogen) atoms. The number of nitrogens with zero attached hydrogens (tertiary/aromatic N) is 2. The van der Waals surface area contributed by atoms with Gasteiger partial charge in [0.15, 0.2) is 0 Å². The molecule has 2 N–H and O–H groups in total. The van der Waals surface area contributed by atoms with Crippen molar-refractivity contribution in [2.75, 3.05) is 6.54 Å². The maximum atomic E-state index is 12.8. The van der Waals surface area contributed by atoms with Crippen LogP contribution >= 0.6 is 0 Å². The average Bonchev–Trinajstić information content (AvgIpc) is 2.45. The lowest BCUT2D eigenvalue weighted by molar-refractivity contribution is -0.132. The molecule has 0 aromatic heterocycles. The van der Waals surface area contributed by atoms with Crippen LogP contribution in [-0.2, 0) is 4.79 Å². The lowest BCUT2D eigenvalue weighted by Gasteiger charge is -2.20. The number of carbonyl (C=O) groups is 1. The smallest absolute Gasteiger partial charge is 0.240 e. The molecule has 0 aliphatic carbocycles. The Morgan fingerprint density at radius 3 is 2.92 bits per heavy atom. The fourth-order valence-corrected chi connectivity index (χ4v) is 1.41. The number of likely N-dealkylation sites (tertiary alicyclic amines) is 1. The van der Waals surface area contributed by atoms with Crippen LogP contribution in [0.4, 0.5) is 4.39 Å². The number of amides is 1. The molecule has 0 bridgehead atoms. The van der Waals surface area contributed by atoms with Crippen LogP contribution in [0.1, 0.15) is 13.3 Å². The van der Waals surface area contributed by atoms with E-state index in [1.54, 1.807) is 0 Å². The summed E-state index contributed by atoms with van der Waals surface area (Å²) in [5.41, 5.74) is 5.36. The standard InChI is InChI=1S/C8H12FN3O/c1-5(11)8(13)12-4-6(9)2-7(12)3-10/h5-7H,2,4,11H2,1H3. The molecule has 3 unspecified atom stereocenters. The Kier molecular flexibility index (Phi) is 2.83. The molecular weight excluding hydrogens is 173 g/mol. The Balaban J connectivity index is 2.70. The topological polar surface area (TPSA) is 70.1 Å². The minimum Gasteiger partial charge on any atom is -0.322 e. The van der Waals surface area contributed by atoms with Crippen LogP contribution in [0.15, 0.2) is 0 Å². The second-order valence-electron chi connectivity index (χ2n) is 3.26. The van der Waals surface area contributed by atoms with Crippen molar-refractivity contribution in [3.63, 3.8) is 0 Å². The Bertz CT molecular complexity index is 248. The van der Waals surface area contributed by atoms with E-state index >= 15 is 0 Å². The number of nitriles is 1. The van der Waals surface area contributed by atoms with Gasteiger partial charge in [-0.1, -0.05) is 0 Å². The minimum atomic E-state index is -1.09. The molecule has 0 spiro atoms. The quantitative estimate of drug-likeness (QED) is 0.614. The van der Waals surface area contributed by atoms with E-state index in [1.807, 2.05) is 6.07 Å². The number of rotatable bonds is 1. The molecule has 4 nitrogen and oxygen atoms in total. The number of alkyl halides is 1. The summed E-state index contributed by atoms with van der Waals surface area (Å²) in [5.74, 6) is -0.355. The van der Waals surface area contributed by atoms with Gasteiger partial charge in [-0.25, -0.2) is 4.39 Å². The Morgan fingerprint density at radius 1 is 1.85 bits per heavy atom. The van der Waals surface area contributed by atoms with Crippen LogP contribution in [0.2, 0.25) is 0 Å². The molecule has 0 saturated carbocycles. The van der Waals surface area contributed by atoms with Gasteiger partial charge in [0.05, 0.1) is 18.7 Å². The van der Waals surface area contributed by atoms with Gasteiger partial charge in [0.2, 0.25) is 5.91 Å². The summed E-state index contributed by atoms with van der Waals surface area (Å²) in [6.07, 6.45) is -0.984. The minimum absolute atomic E-state index is 0.00139. The second-order valence-corrected chi connectivity index (χ2v) is 3.26. The summed E-state index contributed by atoms with van der Waals surface area (Å²) in [6.45, 7) is 1.53. The largest absolute Gasteiger partial charge is 0.322 e. The van der Waals surface area contributed by atoms with Crippen LogP contribution in [0, 0.1) is 11.3 Å². The average molecular weight is 185 g/mol. The van der Waals surface area contributed by atoms with E-state index < -0.39 is 18.3 Å². The van der Waals surface area contributed by atoms with Crippen molar-refractivity contribution >= 4 is 5.91 Å². The van der Waals surface area contributed by atoms with Crippen LogP contribution < -0.4 is 5.73 Å². The van der Waals surface area contributed by atoms with Crippen molar-refractivity contribution in [1.29, 1.82) is 5.26 Å². The number of nitrogens with two attached hydrogens (primary N) is 1. The van der Waals surface area contributed by atoms with Crippen molar-refractivity contribution < 1.29 is 9.18 Å². The predicted octanol–water partition coefficient (Wildman–Crippen LogP) is -0.204. The van der Waals surface area contributed by atoms with Gasteiger partial charge in [-0.05, 0) is 6.92 Å². The molecule has 1 aliphatic rings. The lowest BCUT2D eigenvalue weighted by Crippen LogP contribution is -2.44. The Labute approximate surface area is 76.1 Å². The van der Waals surface area contributed by atoms with Gasteiger partial charge in [-0.2, -0.15) is 5.26 Å². The molecule has 72 valence electrons. The van der Waals surface area contributed by atoms with Gasteiger partial charge in [-0.3, -0.25) is 4.79 Å². The highest BCUT2D eigenvalue weighted by Crippen LogP contribution is 2.20. The van der Waals surface area contributed by atoms with Gasteiger partial charge < -0.3 is 10.6 Å². The fraction of sp³-hybridized carbons (Fsp3) is 0.750. The van der Waals surface area contributed by atoms with E-state index in [0.29, 0.717) is 0 Å². The van der Waals surface area contributed by atoms with Gasteiger partial charge in [0.25, 0.3) is 0 Å². The van der Waals surface area contributed by atoms with Gasteiger partial charge in [0, 0.05) is 6.42 Å². The van der Waals surface area contributed by atoms with Crippen molar-refractivity contribution in [1.82, 2.24) is 4.90 Å². The number of carbonyl (C=O) groups excluding carboxylic acids is 1. The van der Waals surface area contributed by atoms with E-state index in [4.69, 9.17) is 11.0 Å². The van der Waals surface area contributed by atoms with Crippen LogP contribution in [0.25, 0.3) is 0 Å². The van der Waals surface area contributed by atoms with E-state index in [2.05, 4.69) is 0 Å². The van der Waals surface area contributed by atoms with E-state index in [-0.39, 0.29) is 18.9 Å². The molecule has 1 saturated heterocycles. The van der Waals surface area contributed by atoms with Crippen LogP contribution in [-0.4, -0.2) is 35.6 Å². The second kappa shape index (κ2) is 3.71. The zero-order chi connectivity index (χ0) is 10.0. The first kappa shape index (κ1) is 9.93. The monoisotopic (exact) mass is 185 g/mol. The predicted molar refractivity (Wildman–Crippen MR) is 44.3 cm³/mol. The molecule has 0 radical (unpaired) electrons. The summed E-state index contributed by atoms with van der Waals surface area (Å²) in [7, 11) is 0. The van der Waals surface area contributed by atoms with E-state index in [9.17, 15) is 9.18 Å². The van der Waals surface area contributed by atoms with E-state index in [1.165, 1.54) is 11.8 Å². The fourth-order valence-electron chi connectivity index (χ4n) is 1.41. The maximum absolute atomic E-state index is 12.8. The summed E-state index contributed by atoms with van der Waals surface area (Å²) in [4.78, 5) is 12.6. The van der Waals surface area contributed by atoms with E-state index in [0.717, 1.165) is 0 Å². The number of hydrogen-bond acceptors (Lipinski definition) is 3. The molecule has 3 atom stereocenters. The third kappa shape index (κ3) is 1.95. The first-order valence-electron chi connectivity index (χ1n) is 4.16. The van der Waals surface area contributed by atoms with Crippen LogP contribution in [0.5, 0.6) is 0 Å². The Morgan fingerprint density at radius 2 is 2.46 bits per heavy atom. The number of hydrogen-bond donors (Lipinski definition) is 1. The van der Waals surface area contributed by atoms with Gasteiger partial charge in [0.1, 0.15) is 12.2 Å². The lowest BCUT2D eigenvalue weighted by atomic mass is 10.2. The highest BCUT2D eigenvalue weighted by atomic mass is 19.1. The van der Waals surface area contributed by atoms with Crippen molar-refractivity contribution in [2.45, 2.75) is 31.6 Å². The molecular formula is C8H12FN3O. The summed E-state index contributed by atoms with van der Waals surface area (Å²) >= 11 is 0. The van der Waals surface area contributed by atoms with Crippen molar-refractivity contribution in [3.05, 3.63) is 0 Å². The molecule has 0 aromatic rings. The molecule has 1 fully saturated rings. The highest BCUT2D eigenvalue weighted by Gasteiger charge is 2.36.